The summed E-state index contributed by atoms with van der Waals surface area (Å²) in [4.78, 5) is 23.2. The number of carbonyl (C=O) groups excluding carboxylic acids is 1. The number of nitrogens with zero attached hydrogens (tertiary/aromatic N) is 5. The zero-order valence-electron chi connectivity index (χ0n) is 19.1. The molecule has 1 saturated carbocycles. The van der Waals surface area contributed by atoms with Crippen molar-refractivity contribution in [1.82, 2.24) is 19.7 Å². The van der Waals surface area contributed by atoms with Crippen LogP contribution in [0, 0.1) is 12.7 Å². The van der Waals surface area contributed by atoms with Crippen LogP contribution >= 0.6 is 0 Å². The van der Waals surface area contributed by atoms with Gasteiger partial charge in [0, 0.05) is 43.5 Å². The Morgan fingerprint density at radius 3 is 2.79 bits per heavy atom. The van der Waals surface area contributed by atoms with Gasteiger partial charge in [-0.3, -0.25) is 14.5 Å². The fourth-order valence-corrected chi connectivity index (χ4v) is 4.38. The number of aromatic nitrogens is 4. The van der Waals surface area contributed by atoms with Gasteiger partial charge in [-0.1, -0.05) is 6.92 Å². The number of hydrogen-bond donors (Lipinski definition) is 2. The maximum absolute atomic E-state index is 14.3. The number of aryl methyl sites for hydroxylation is 1. The SMILES string of the molecule is CC[C@H]1C(=O)Nc2c(cc(NCc3cnn(Cc4cnc(C5CC5)c(F)c4)c3)nc2C)N1C. The molecular formula is C24H28FN7O. The molecular weight excluding hydrogens is 421 g/mol. The van der Waals surface area contributed by atoms with Crippen LogP contribution in [0.1, 0.15) is 54.6 Å². The van der Waals surface area contributed by atoms with Crippen LogP contribution in [0.4, 0.5) is 21.6 Å². The highest BCUT2D eigenvalue weighted by atomic mass is 19.1. The smallest absolute Gasteiger partial charge is 0.247 e. The lowest BCUT2D eigenvalue weighted by molar-refractivity contribution is -0.117. The van der Waals surface area contributed by atoms with Gasteiger partial charge in [0.25, 0.3) is 0 Å². The molecule has 33 heavy (non-hydrogen) atoms. The van der Waals surface area contributed by atoms with E-state index in [9.17, 15) is 9.18 Å². The predicted octanol–water partition coefficient (Wildman–Crippen LogP) is 3.83. The van der Waals surface area contributed by atoms with Gasteiger partial charge in [0.05, 0.1) is 35.5 Å². The van der Waals surface area contributed by atoms with E-state index in [-0.39, 0.29) is 17.8 Å². The minimum Gasteiger partial charge on any atom is -0.366 e. The van der Waals surface area contributed by atoms with Crippen molar-refractivity contribution in [3.05, 3.63) is 59.1 Å². The average molecular weight is 450 g/mol. The Balaban J connectivity index is 1.25. The first kappa shape index (κ1) is 21.4. The van der Waals surface area contributed by atoms with E-state index in [0.29, 0.717) is 24.7 Å². The van der Waals surface area contributed by atoms with Crippen molar-refractivity contribution in [1.29, 1.82) is 0 Å². The first-order valence-corrected chi connectivity index (χ1v) is 11.4. The van der Waals surface area contributed by atoms with Crippen molar-refractivity contribution < 1.29 is 9.18 Å². The first-order valence-electron chi connectivity index (χ1n) is 11.4. The minimum atomic E-state index is -0.218. The third kappa shape index (κ3) is 4.27. The van der Waals surface area contributed by atoms with Gasteiger partial charge >= 0.3 is 0 Å². The maximum atomic E-state index is 14.3. The van der Waals surface area contributed by atoms with E-state index in [1.165, 1.54) is 0 Å². The molecule has 0 unspecified atom stereocenters. The normalized spacial score (nSPS) is 17.6. The van der Waals surface area contributed by atoms with Gasteiger partial charge in [-0.15, -0.1) is 0 Å². The number of carbonyl (C=O) groups is 1. The number of rotatable bonds is 7. The van der Waals surface area contributed by atoms with Crippen LogP contribution in [0.5, 0.6) is 0 Å². The Morgan fingerprint density at radius 1 is 1.24 bits per heavy atom. The van der Waals surface area contributed by atoms with Gasteiger partial charge in [-0.25, -0.2) is 9.37 Å². The molecule has 9 heteroatoms. The summed E-state index contributed by atoms with van der Waals surface area (Å²) in [6, 6.07) is 3.34. The van der Waals surface area contributed by atoms with E-state index < -0.39 is 0 Å². The lowest BCUT2D eigenvalue weighted by atomic mass is 10.1. The van der Waals surface area contributed by atoms with E-state index >= 15 is 0 Å². The highest BCUT2D eigenvalue weighted by molar-refractivity contribution is 6.04. The average Bonchev–Trinajstić information content (AvgIpc) is 3.53. The standard InChI is InChI=1S/C24H28FN7O/c1-4-19-24(33)30-22-14(2)29-21(8-20(22)31(19)3)26-10-16-11-28-32(13-16)12-15-7-18(25)23(27-9-15)17-5-6-17/h7-9,11,13,17,19H,4-6,10,12H2,1-3H3,(H,26,29)(H,30,33)/t19-/m0/s1. The van der Waals surface area contributed by atoms with Crippen LogP contribution in [-0.4, -0.2) is 38.7 Å². The molecule has 172 valence electrons. The van der Waals surface area contributed by atoms with E-state index in [2.05, 4.69) is 25.7 Å². The summed E-state index contributed by atoms with van der Waals surface area (Å²) in [5.74, 6) is 0.817. The molecule has 0 spiro atoms. The first-order chi connectivity index (χ1) is 15.9. The lowest BCUT2D eigenvalue weighted by Crippen LogP contribution is -2.45. The highest BCUT2D eigenvalue weighted by Crippen LogP contribution is 2.40. The fourth-order valence-electron chi connectivity index (χ4n) is 4.38. The van der Waals surface area contributed by atoms with Gasteiger partial charge in [-0.2, -0.15) is 5.10 Å². The van der Waals surface area contributed by atoms with Crippen LogP contribution in [0.3, 0.4) is 0 Å². The summed E-state index contributed by atoms with van der Waals surface area (Å²) >= 11 is 0. The molecule has 1 aliphatic heterocycles. The molecule has 2 aliphatic rings. The number of nitrogens with one attached hydrogen (secondary N) is 2. The Morgan fingerprint density at radius 2 is 2.06 bits per heavy atom. The second kappa shape index (κ2) is 8.46. The predicted molar refractivity (Wildman–Crippen MR) is 125 cm³/mol. The van der Waals surface area contributed by atoms with Crippen molar-refractivity contribution in [2.24, 2.45) is 0 Å². The number of pyridine rings is 2. The second-order valence-corrected chi connectivity index (χ2v) is 8.90. The Hall–Kier alpha value is -3.49. The maximum Gasteiger partial charge on any atom is 0.247 e. The zero-order chi connectivity index (χ0) is 23.1. The fraction of sp³-hybridized carbons (Fsp3) is 0.417. The van der Waals surface area contributed by atoms with Crippen LogP contribution in [0.25, 0.3) is 0 Å². The van der Waals surface area contributed by atoms with Crippen LogP contribution in [0.15, 0.2) is 30.7 Å². The molecule has 5 rings (SSSR count). The van der Waals surface area contributed by atoms with Gasteiger partial charge in [0.2, 0.25) is 5.91 Å². The molecule has 2 N–H and O–H groups in total. The molecule has 1 aliphatic carbocycles. The summed E-state index contributed by atoms with van der Waals surface area (Å²) in [6.45, 7) is 4.91. The van der Waals surface area contributed by atoms with Crippen molar-refractivity contribution in [3.8, 4) is 0 Å². The van der Waals surface area contributed by atoms with Crippen LogP contribution in [-0.2, 0) is 17.9 Å². The third-order valence-electron chi connectivity index (χ3n) is 6.36. The van der Waals surface area contributed by atoms with Crippen molar-refractivity contribution in [2.75, 3.05) is 22.6 Å². The zero-order valence-corrected chi connectivity index (χ0v) is 19.1. The molecule has 0 aromatic carbocycles. The number of amides is 1. The largest absolute Gasteiger partial charge is 0.366 e. The number of halogens is 1. The number of anilines is 3. The number of likely N-dealkylation sites (N-methyl/N-ethyl adjacent to an activating group) is 1. The molecule has 1 atom stereocenters. The van der Waals surface area contributed by atoms with Gasteiger partial charge < -0.3 is 15.5 Å². The topological polar surface area (TPSA) is 88.0 Å². The summed E-state index contributed by atoms with van der Waals surface area (Å²) in [5.41, 5.74) is 4.86. The molecule has 4 heterocycles. The summed E-state index contributed by atoms with van der Waals surface area (Å²) < 4.78 is 16.1. The minimum absolute atomic E-state index is 0.00258. The summed E-state index contributed by atoms with van der Waals surface area (Å²) in [5, 5.41) is 10.7. The van der Waals surface area contributed by atoms with Crippen LogP contribution in [0.2, 0.25) is 0 Å². The Kier molecular flexibility index (Phi) is 5.47. The molecule has 1 fully saturated rings. The van der Waals surface area contributed by atoms with Gasteiger partial charge in [-0.05, 0) is 37.8 Å². The molecule has 0 bridgehead atoms. The second-order valence-electron chi connectivity index (χ2n) is 8.90. The summed E-state index contributed by atoms with van der Waals surface area (Å²) in [6.07, 6.45) is 8.26. The summed E-state index contributed by atoms with van der Waals surface area (Å²) in [7, 11) is 1.94. The van der Waals surface area contributed by atoms with Crippen molar-refractivity contribution in [3.63, 3.8) is 0 Å². The van der Waals surface area contributed by atoms with E-state index in [4.69, 9.17) is 0 Å². The van der Waals surface area contributed by atoms with E-state index in [0.717, 1.165) is 53.3 Å². The van der Waals surface area contributed by atoms with Gasteiger partial charge in [0.15, 0.2) is 0 Å². The monoisotopic (exact) mass is 449 g/mol. The molecule has 3 aromatic heterocycles. The molecule has 0 radical (unpaired) electrons. The van der Waals surface area contributed by atoms with Gasteiger partial charge in [0.1, 0.15) is 17.7 Å². The molecule has 1 amide bonds. The number of fused-ring (bicyclic) bond motifs is 1. The molecule has 0 saturated heterocycles. The van der Waals surface area contributed by atoms with E-state index in [1.54, 1.807) is 23.1 Å². The van der Waals surface area contributed by atoms with Crippen molar-refractivity contribution in [2.45, 2.75) is 58.2 Å². The van der Waals surface area contributed by atoms with Crippen molar-refractivity contribution >= 4 is 23.1 Å². The highest BCUT2D eigenvalue weighted by Gasteiger charge is 2.31. The van der Waals surface area contributed by atoms with E-state index in [1.807, 2.05) is 38.1 Å². The Bertz CT molecular complexity index is 1200. The number of hydrogen-bond acceptors (Lipinski definition) is 6. The molecule has 8 nitrogen and oxygen atoms in total. The third-order valence-corrected chi connectivity index (χ3v) is 6.36. The molecule has 3 aromatic rings. The van der Waals surface area contributed by atoms with Crippen LogP contribution < -0.4 is 15.5 Å². The quantitative estimate of drug-likeness (QED) is 0.570. The lowest BCUT2D eigenvalue weighted by Gasteiger charge is -2.35. The Labute approximate surface area is 192 Å².